The van der Waals surface area contributed by atoms with Crippen LogP contribution in [0, 0.1) is 6.92 Å². The lowest BCUT2D eigenvalue weighted by Crippen LogP contribution is -2.33. The number of likely N-dealkylation sites (tertiary alicyclic amines) is 1. The molecule has 3 heterocycles. The summed E-state index contributed by atoms with van der Waals surface area (Å²) in [6.07, 6.45) is 7.40. The predicted octanol–water partition coefficient (Wildman–Crippen LogP) is 2.81. The van der Waals surface area contributed by atoms with E-state index in [2.05, 4.69) is 27.0 Å². The van der Waals surface area contributed by atoms with Gasteiger partial charge in [0.2, 0.25) is 5.89 Å². The number of hydrogen-bond donors (Lipinski definition) is 0. The summed E-state index contributed by atoms with van der Waals surface area (Å²) in [5.41, 5.74) is 1.38. The smallest absolute Gasteiger partial charge is 0.223 e. The van der Waals surface area contributed by atoms with Crippen LogP contribution in [0.25, 0.3) is 0 Å². The van der Waals surface area contributed by atoms with Crippen molar-refractivity contribution in [1.29, 1.82) is 0 Å². The van der Waals surface area contributed by atoms with Gasteiger partial charge in [-0.1, -0.05) is 5.16 Å². The third-order valence-electron chi connectivity index (χ3n) is 5.37. The number of aromatic nitrogens is 3. The molecule has 0 saturated carbocycles. The van der Waals surface area contributed by atoms with Crippen molar-refractivity contribution in [1.82, 2.24) is 24.9 Å². The number of thiazole rings is 1. The van der Waals surface area contributed by atoms with Crippen molar-refractivity contribution in [2.75, 3.05) is 20.1 Å². The fourth-order valence-corrected chi connectivity index (χ4v) is 5.20. The van der Waals surface area contributed by atoms with Gasteiger partial charge < -0.3 is 4.52 Å². The summed E-state index contributed by atoms with van der Waals surface area (Å²) in [7, 11) is 2.18. The summed E-state index contributed by atoms with van der Waals surface area (Å²) in [6.45, 7) is 5.95. The van der Waals surface area contributed by atoms with Crippen LogP contribution in [0.4, 0.5) is 0 Å². The van der Waals surface area contributed by atoms with Crippen LogP contribution in [0.3, 0.4) is 0 Å². The number of rotatable bonds is 5. The van der Waals surface area contributed by atoms with Crippen molar-refractivity contribution < 1.29 is 4.52 Å². The van der Waals surface area contributed by atoms with E-state index in [1.807, 2.05) is 18.3 Å². The molecule has 1 aliphatic carbocycles. The van der Waals surface area contributed by atoms with E-state index < -0.39 is 0 Å². The van der Waals surface area contributed by atoms with Gasteiger partial charge in [0.05, 0.1) is 18.8 Å². The quantitative estimate of drug-likeness (QED) is 0.816. The van der Waals surface area contributed by atoms with Gasteiger partial charge in [-0.25, -0.2) is 4.98 Å². The van der Waals surface area contributed by atoms with Gasteiger partial charge in [-0.05, 0) is 52.1 Å². The van der Waals surface area contributed by atoms with Crippen LogP contribution in [0.5, 0.6) is 0 Å². The van der Waals surface area contributed by atoms with Crippen LogP contribution in [-0.2, 0) is 25.9 Å². The van der Waals surface area contributed by atoms with Gasteiger partial charge in [-0.15, -0.1) is 11.3 Å². The maximum atomic E-state index is 5.08. The van der Waals surface area contributed by atoms with E-state index in [0.717, 1.165) is 25.5 Å². The van der Waals surface area contributed by atoms with E-state index in [-0.39, 0.29) is 0 Å². The molecule has 7 heteroatoms. The second-order valence-electron chi connectivity index (χ2n) is 7.34. The average Bonchev–Trinajstić information content (AvgIpc) is 3.21. The second kappa shape index (κ2) is 7.51. The topological polar surface area (TPSA) is 58.3 Å². The zero-order valence-electron chi connectivity index (χ0n) is 15.2. The van der Waals surface area contributed by atoms with E-state index in [0.29, 0.717) is 11.9 Å². The van der Waals surface area contributed by atoms with Crippen LogP contribution < -0.4 is 0 Å². The minimum Gasteiger partial charge on any atom is -0.340 e. The van der Waals surface area contributed by atoms with Crippen LogP contribution in [0.2, 0.25) is 0 Å². The lowest BCUT2D eigenvalue weighted by molar-refractivity contribution is 0.200. The Hall–Kier alpha value is -1.31. The average molecular weight is 362 g/mol. The van der Waals surface area contributed by atoms with Gasteiger partial charge in [-0.2, -0.15) is 4.98 Å². The lowest BCUT2D eigenvalue weighted by atomic mass is 10.1. The summed E-state index contributed by atoms with van der Waals surface area (Å²) in [5.74, 6) is 1.43. The molecule has 0 spiro atoms. The molecule has 0 N–H and O–H groups in total. The minimum atomic E-state index is 0.588. The molecule has 4 rings (SSSR count). The molecule has 0 bridgehead atoms. The van der Waals surface area contributed by atoms with Gasteiger partial charge in [-0.3, -0.25) is 9.80 Å². The van der Waals surface area contributed by atoms with Gasteiger partial charge in [0.15, 0.2) is 5.82 Å². The first-order chi connectivity index (χ1) is 12.2. The highest BCUT2D eigenvalue weighted by Crippen LogP contribution is 2.28. The van der Waals surface area contributed by atoms with Crippen LogP contribution in [0.15, 0.2) is 4.52 Å². The molecule has 1 saturated heterocycles. The summed E-state index contributed by atoms with van der Waals surface area (Å²) < 4.78 is 5.08. The van der Waals surface area contributed by atoms with Gasteiger partial charge in [0.25, 0.3) is 0 Å². The summed E-state index contributed by atoms with van der Waals surface area (Å²) in [4.78, 5) is 15.7. The highest BCUT2D eigenvalue weighted by molar-refractivity contribution is 7.11. The molecule has 0 radical (unpaired) electrons. The fraction of sp³-hybridized carbons (Fsp3) is 0.722. The molecule has 1 atom stereocenters. The highest BCUT2D eigenvalue weighted by atomic mass is 32.1. The Kier molecular flexibility index (Phi) is 5.15. The first-order valence-corrected chi connectivity index (χ1v) is 10.2. The number of fused-ring (bicyclic) bond motifs is 1. The zero-order chi connectivity index (χ0) is 17.2. The molecule has 0 amide bonds. The summed E-state index contributed by atoms with van der Waals surface area (Å²) in [6, 6.07) is 0.588. The molecular weight excluding hydrogens is 334 g/mol. The minimum absolute atomic E-state index is 0.588. The standard InChI is InChI=1S/C18H27N5OS/c1-13-19-17(21-24-13)11-22(2)14-5-4-9-23(10-8-14)12-18-20-15-6-3-7-16(15)25-18/h14H,3-12H2,1-2H3. The Morgan fingerprint density at radius 1 is 1.20 bits per heavy atom. The maximum Gasteiger partial charge on any atom is 0.223 e. The molecule has 6 nitrogen and oxygen atoms in total. The van der Waals surface area contributed by atoms with Gasteiger partial charge in [0, 0.05) is 24.4 Å². The normalized spacial score (nSPS) is 21.6. The monoisotopic (exact) mass is 361 g/mol. The number of nitrogens with zero attached hydrogens (tertiary/aromatic N) is 5. The molecule has 1 aliphatic heterocycles. The van der Waals surface area contributed by atoms with E-state index in [9.17, 15) is 0 Å². The second-order valence-corrected chi connectivity index (χ2v) is 8.50. The molecule has 2 aromatic rings. The van der Waals surface area contributed by atoms with E-state index in [4.69, 9.17) is 9.51 Å². The number of hydrogen-bond acceptors (Lipinski definition) is 7. The van der Waals surface area contributed by atoms with Crippen molar-refractivity contribution >= 4 is 11.3 Å². The van der Waals surface area contributed by atoms with Crippen molar-refractivity contribution in [3.05, 3.63) is 27.3 Å². The fourth-order valence-electron chi connectivity index (χ4n) is 4.00. The van der Waals surface area contributed by atoms with Crippen molar-refractivity contribution in [2.45, 2.75) is 64.6 Å². The SMILES string of the molecule is Cc1nc(CN(C)C2CCCN(Cc3nc4c(s3)CCC4)CC2)no1. The van der Waals surface area contributed by atoms with Crippen LogP contribution in [-0.4, -0.2) is 51.1 Å². The van der Waals surface area contributed by atoms with E-state index in [1.54, 1.807) is 0 Å². The Labute approximate surface area is 153 Å². The van der Waals surface area contributed by atoms with Crippen molar-refractivity contribution in [3.8, 4) is 0 Å². The van der Waals surface area contributed by atoms with Crippen molar-refractivity contribution in [2.24, 2.45) is 0 Å². The van der Waals surface area contributed by atoms with Crippen LogP contribution in [0.1, 0.15) is 53.0 Å². The molecular formula is C18H27N5OS. The van der Waals surface area contributed by atoms with E-state index >= 15 is 0 Å². The van der Waals surface area contributed by atoms with Gasteiger partial charge in [0.1, 0.15) is 5.01 Å². The Balaban J connectivity index is 1.30. The molecule has 25 heavy (non-hydrogen) atoms. The predicted molar refractivity (Wildman–Crippen MR) is 97.6 cm³/mol. The molecule has 136 valence electrons. The third-order valence-corrected chi connectivity index (χ3v) is 6.52. The van der Waals surface area contributed by atoms with Crippen LogP contribution >= 0.6 is 11.3 Å². The van der Waals surface area contributed by atoms with Crippen molar-refractivity contribution in [3.63, 3.8) is 0 Å². The highest BCUT2D eigenvalue weighted by Gasteiger charge is 2.23. The summed E-state index contributed by atoms with van der Waals surface area (Å²) >= 11 is 1.94. The summed E-state index contributed by atoms with van der Waals surface area (Å²) in [5, 5.41) is 5.34. The molecule has 1 fully saturated rings. The first kappa shape index (κ1) is 17.1. The Bertz CT molecular complexity index is 691. The Morgan fingerprint density at radius 2 is 2.12 bits per heavy atom. The molecule has 0 aromatic carbocycles. The lowest BCUT2D eigenvalue weighted by Gasteiger charge is -2.26. The molecule has 2 aromatic heterocycles. The Morgan fingerprint density at radius 3 is 2.92 bits per heavy atom. The van der Waals surface area contributed by atoms with E-state index in [1.165, 1.54) is 60.6 Å². The zero-order valence-corrected chi connectivity index (χ0v) is 16.0. The first-order valence-electron chi connectivity index (χ1n) is 9.36. The largest absolute Gasteiger partial charge is 0.340 e. The maximum absolute atomic E-state index is 5.08. The van der Waals surface area contributed by atoms with Gasteiger partial charge >= 0.3 is 0 Å². The molecule has 2 aliphatic rings. The number of aryl methyl sites for hydroxylation is 3. The molecule has 1 unspecified atom stereocenters. The third kappa shape index (κ3) is 4.10.